The zero-order valence-corrected chi connectivity index (χ0v) is 12.4. The van der Waals surface area contributed by atoms with Gasteiger partial charge >= 0.3 is 0 Å². The van der Waals surface area contributed by atoms with E-state index in [1.807, 2.05) is 12.1 Å². The van der Waals surface area contributed by atoms with Crippen LogP contribution in [-0.2, 0) is 6.54 Å². The lowest BCUT2D eigenvalue weighted by Gasteiger charge is -2.28. The molecular formula is C13H19BrN2O2. The number of ether oxygens (including phenoxy) is 2. The summed E-state index contributed by atoms with van der Waals surface area (Å²) < 4.78 is 11.9. The van der Waals surface area contributed by atoms with Gasteiger partial charge in [-0.2, -0.15) is 0 Å². The van der Waals surface area contributed by atoms with Gasteiger partial charge in [0.05, 0.1) is 19.8 Å². The summed E-state index contributed by atoms with van der Waals surface area (Å²) in [4.78, 5) is 2.41. The van der Waals surface area contributed by atoms with E-state index < -0.39 is 0 Å². The van der Waals surface area contributed by atoms with Crippen LogP contribution in [0.1, 0.15) is 5.56 Å². The number of nitrogens with one attached hydrogen (secondary N) is 1. The summed E-state index contributed by atoms with van der Waals surface area (Å²) in [5.74, 6) is 1.75. The molecule has 0 aliphatic carbocycles. The van der Waals surface area contributed by atoms with Crippen molar-refractivity contribution in [1.29, 1.82) is 0 Å². The number of hydrogen-bond acceptors (Lipinski definition) is 4. The summed E-state index contributed by atoms with van der Waals surface area (Å²) in [7, 11) is 3.39. The molecule has 0 unspecified atom stereocenters. The Labute approximate surface area is 116 Å². The average molecular weight is 315 g/mol. The Hall–Kier alpha value is -0.780. The fraction of sp³-hybridized carbons (Fsp3) is 0.538. The van der Waals surface area contributed by atoms with Crippen LogP contribution in [0.25, 0.3) is 0 Å². The molecular weight excluding hydrogens is 296 g/mol. The SMILES string of the molecule is COc1cc(Br)cc(OC)c1CN1CCNCC1. The fourth-order valence-corrected chi connectivity index (χ4v) is 2.62. The summed E-state index contributed by atoms with van der Waals surface area (Å²) in [6, 6.07) is 3.97. The van der Waals surface area contributed by atoms with Crippen molar-refractivity contribution in [3.63, 3.8) is 0 Å². The van der Waals surface area contributed by atoms with Gasteiger partial charge in [-0.3, -0.25) is 4.90 Å². The Morgan fingerprint density at radius 3 is 2.22 bits per heavy atom. The molecule has 4 nitrogen and oxygen atoms in total. The predicted octanol–water partition coefficient (Wildman–Crippen LogP) is 1.87. The first-order valence-electron chi connectivity index (χ1n) is 6.08. The van der Waals surface area contributed by atoms with Gasteiger partial charge in [0.25, 0.3) is 0 Å². The highest BCUT2D eigenvalue weighted by atomic mass is 79.9. The zero-order valence-electron chi connectivity index (χ0n) is 10.8. The maximum Gasteiger partial charge on any atom is 0.128 e. The van der Waals surface area contributed by atoms with Crippen LogP contribution in [0.3, 0.4) is 0 Å². The van der Waals surface area contributed by atoms with Gasteiger partial charge in [-0.1, -0.05) is 15.9 Å². The van der Waals surface area contributed by atoms with E-state index >= 15 is 0 Å². The lowest BCUT2D eigenvalue weighted by Crippen LogP contribution is -2.43. The number of methoxy groups -OCH3 is 2. The Kier molecular flexibility index (Phi) is 4.86. The predicted molar refractivity (Wildman–Crippen MR) is 75.4 cm³/mol. The molecule has 1 aromatic rings. The smallest absolute Gasteiger partial charge is 0.128 e. The molecule has 1 N–H and O–H groups in total. The third-order valence-corrected chi connectivity index (χ3v) is 3.62. The van der Waals surface area contributed by atoms with Gasteiger partial charge in [0.15, 0.2) is 0 Å². The normalized spacial score (nSPS) is 16.6. The molecule has 0 amide bonds. The highest BCUT2D eigenvalue weighted by molar-refractivity contribution is 9.10. The van der Waals surface area contributed by atoms with E-state index in [0.717, 1.165) is 54.3 Å². The molecule has 18 heavy (non-hydrogen) atoms. The number of benzene rings is 1. The standard InChI is InChI=1S/C13H19BrN2O2/c1-17-12-7-10(14)8-13(18-2)11(12)9-16-5-3-15-4-6-16/h7-8,15H,3-6,9H2,1-2H3. The van der Waals surface area contributed by atoms with Gasteiger partial charge in [-0.05, 0) is 12.1 Å². The molecule has 0 aromatic heterocycles. The van der Waals surface area contributed by atoms with E-state index in [0.29, 0.717) is 0 Å². The first-order chi connectivity index (χ1) is 8.74. The van der Waals surface area contributed by atoms with Gasteiger partial charge < -0.3 is 14.8 Å². The number of hydrogen-bond donors (Lipinski definition) is 1. The molecule has 0 atom stereocenters. The minimum absolute atomic E-state index is 0.862. The average Bonchev–Trinajstić information content (AvgIpc) is 2.41. The lowest BCUT2D eigenvalue weighted by molar-refractivity contribution is 0.226. The van der Waals surface area contributed by atoms with E-state index in [2.05, 4.69) is 26.1 Å². The second kappa shape index (κ2) is 6.41. The first-order valence-corrected chi connectivity index (χ1v) is 6.87. The van der Waals surface area contributed by atoms with Gasteiger partial charge in [0.1, 0.15) is 11.5 Å². The fourth-order valence-electron chi connectivity index (χ4n) is 2.20. The zero-order chi connectivity index (χ0) is 13.0. The molecule has 1 fully saturated rings. The second-order valence-electron chi connectivity index (χ2n) is 4.32. The molecule has 1 heterocycles. The summed E-state index contributed by atoms with van der Waals surface area (Å²) in [6.07, 6.45) is 0. The summed E-state index contributed by atoms with van der Waals surface area (Å²) in [5.41, 5.74) is 1.12. The largest absolute Gasteiger partial charge is 0.496 e. The van der Waals surface area contributed by atoms with Crippen molar-refractivity contribution in [2.75, 3.05) is 40.4 Å². The van der Waals surface area contributed by atoms with Crippen molar-refractivity contribution in [3.8, 4) is 11.5 Å². The van der Waals surface area contributed by atoms with Crippen LogP contribution >= 0.6 is 15.9 Å². The molecule has 2 rings (SSSR count). The topological polar surface area (TPSA) is 33.7 Å². The van der Waals surface area contributed by atoms with Crippen molar-refractivity contribution in [2.24, 2.45) is 0 Å². The molecule has 0 bridgehead atoms. The number of rotatable bonds is 4. The van der Waals surface area contributed by atoms with E-state index in [-0.39, 0.29) is 0 Å². The molecule has 0 radical (unpaired) electrons. The highest BCUT2D eigenvalue weighted by Gasteiger charge is 2.17. The van der Waals surface area contributed by atoms with Crippen LogP contribution in [0.5, 0.6) is 11.5 Å². The molecule has 1 aliphatic heterocycles. The van der Waals surface area contributed by atoms with Crippen molar-refractivity contribution in [2.45, 2.75) is 6.54 Å². The highest BCUT2D eigenvalue weighted by Crippen LogP contribution is 2.33. The minimum atomic E-state index is 0.862. The number of nitrogens with zero attached hydrogens (tertiary/aromatic N) is 1. The van der Waals surface area contributed by atoms with Crippen LogP contribution in [0.2, 0.25) is 0 Å². The van der Waals surface area contributed by atoms with Crippen LogP contribution in [-0.4, -0.2) is 45.3 Å². The van der Waals surface area contributed by atoms with Crippen LogP contribution in [0, 0.1) is 0 Å². The van der Waals surface area contributed by atoms with Crippen LogP contribution in [0.15, 0.2) is 16.6 Å². The van der Waals surface area contributed by atoms with E-state index in [1.165, 1.54) is 0 Å². The van der Waals surface area contributed by atoms with Crippen LogP contribution < -0.4 is 14.8 Å². The Morgan fingerprint density at radius 2 is 1.72 bits per heavy atom. The molecule has 5 heteroatoms. The second-order valence-corrected chi connectivity index (χ2v) is 5.23. The van der Waals surface area contributed by atoms with E-state index in [1.54, 1.807) is 14.2 Å². The maximum absolute atomic E-state index is 5.46. The van der Waals surface area contributed by atoms with Crippen molar-refractivity contribution < 1.29 is 9.47 Å². The molecule has 0 spiro atoms. The third kappa shape index (κ3) is 3.16. The van der Waals surface area contributed by atoms with Gasteiger partial charge in [0, 0.05) is 37.2 Å². The number of halogens is 1. The summed E-state index contributed by atoms with van der Waals surface area (Å²) in [5, 5.41) is 3.36. The van der Waals surface area contributed by atoms with Crippen molar-refractivity contribution in [1.82, 2.24) is 10.2 Å². The molecule has 1 aliphatic rings. The quantitative estimate of drug-likeness (QED) is 0.920. The first kappa shape index (κ1) is 13.6. The van der Waals surface area contributed by atoms with Gasteiger partial charge in [0.2, 0.25) is 0 Å². The van der Waals surface area contributed by atoms with Crippen molar-refractivity contribution in [3.05, 3.63) is 22.2 Å². The molecule has 1 aromatic carbocycles. The minimum Gasteiger partial charge on any atom is -0.496 e. The molecule has 100 valence electrons. The maximum atomic E-state index is 5.46. The van der Waals surface area contributed by atoms with Crippen molar-refractivity contribution >= 4 is 15.9 Å². The lowest BCUT2D eigenvalue weighted by atomic mass is 10.1. The summed E-state index contributed by atoms with van der Waals surface area (Å²) >= 11 is 3.47. The van der Waals surface area contributed by atoms with Gasteiger partial charge in [-0.15, -0.1) is 0 Å². The Balaban J connectivity index is 2.23. The number of piperazine rings is 1. The Morgan fingerprint density at radius 1 is 1.17 bits per heavy atom. The summed E-state index contributed by atoms with van der Waals surface area (Å²) in [6.45, 7) is 5.06. The van der Waals surface area contributed by atoms with E-state index in [4.69, 9.17) is 9.47 Å². The monoisotopic (exact) mass is 314 g/mol. The molecule has 1 saturated heterocycles. The van der Waals surface area contributed by atoms with E-state index in [9.17, 15) is 0 Å². The molecule has 0 saturated carbocycles. The van der Waals surface area contributed by atoms with Crippen LogP contribution in [0.4, 0.5) is 0 Å². The van der Waals surface area contributed by atoms with Gasteiger partial charge in [-0.25, -0.2) is 0 Å². The third-order valence-electron chi connectivity index (χ3n) is 3.16. The Bertz CT molecular complexity index is 381.